The van der Waals surface area contributed by atoms with Crippen molar-refractivity contribution in [1.82, 2.24) is 5.43 Å². The van der Waals surface area contributed by atoms with Crippen molar-refractivity contribution in [1.29, 1.82) is 0 Å². The Balaban J connectivity index is 1.62. The van der Waals surface area contributed by atoms with E-state index in [-0.39, 0.29) is 23.6 Å². The van der Waals surface area contributed by atoms with Gasteiger partial charge >= 0.3 is 5.97 Å². The number of amides is 1. The topological polar surface area (TPSA) is 120 Å². The number of hydrogen-bond donors (Lipinski definition) is 1. The second kappa shape index (κ2) is 11.2. The lowest BCUT2D eigenvalue weighted by atomic mass is 10.2. The first-order valence-corrected chi connectivity index (χ1v) is 10.5. The Morgan fingerprint density at radius 1 is 1.09 bits per heavy atom. The summed E-state index contributed by atoms with van der Waals surface area (Å²) in [5, 5.41) is 15.2. The maximum atomic E-state index is 12.4. The minimum absolute atomic E-state index is 0.138. The predicted octanol–water partition coefficient (Wildman–Crippen LogP) is 4.76. The number of nitrogens with zero attached hydrogens (tertiary/aromatic N) is 2. The van der Waals surface area contributed by atoms with E-state index < -0.39 is 16.8 Å². The molecule has 168 valence electrons. The maximum Gasteiger partial charge on any atom is 0.343 e. The van der Waals surface area contributed by atoms with Crippen molar-refractivity contribution in [2.45, 2.75) is 0 Å². The maximum absolute atomic E-state index is 12.4. The number of non-ortho nitro benzene ring substituents is 1. The van der Waals surface area contributed by atoms with E-state index in [4.69, 9.17) is 21.1 Å². The highest BCUT2D eigenvalue weighted by Gasteiger charge is 2.14. The molecule has 9 nitrogen and oxygen atoms in total. The summed E-state index contributed by atoms with van der Waals surface area (Å²) < 4.78 is 11.4. The van der Waals surface area contributed by atoms with Crippen LogP contribution in [-0.4, -0.2) is 29.6 Å². The molecule has 3 aromatic carbocycles. The molecular weight excluding hydrogens is 518 g/mol. The molecule has 33 heavy (non-hydrogen) atoms. The molecule has 0 unspecified atom stereocenters. The largest absolute Gasteiger partial charge is 0.484 e. The molecule has 3 rings (SSSR count). The molecule has 0 saturated heterocycles. The first-order valence-electron chi connectivity index (χ1n) is 9.28. The number of carbonyl (C=O) groups is 2. The zero-order valence-corrected chi connectivity index (χ0v) is 19.1. The fourth-order valence-corrected chi connectivity index (χ4v) is 2.98. The van der Waals surface area contributed by atoms with Crippen LogP contribution in [0.4, 0.5) is 5.69 Å². The molecule has 0 aliphatic carbocycles. The Kier molecular flexibility index (Phi) is 8.11. The molecule has 1 N–H and O–H groups in total. The summed E-state index contributed by atoms with van der Waals surface area (Å²) in [6.07, 6.45) is 1.31. The number of rotatable bonds is 8. The number of benzene rings is 3. The van der Waals surface area contributed by atoms with Crippen molar-refractivity contribution >= 4 is 51.3 Å². The van der Waals surface area contributed by atoms with Gasteiger partial charge in [-0.3, -0.25) is 14.9 Å². The SMILES string of the molecule is O=C(COc1ccc(Cl)cc1)NN=Cc1cc(Br)ccc1OC(=O)c1ccc([N+](=O)[O-])cc1. The number of esters is 1. The van der Waals surface area contributed by atoms with Crippen LogP contribution < -0.4 is 14.9 Å². The van der Waals surface area contributed by atoms with Crippen LogP contribution in [0.5, 0.6) is 11.5 Å². The van der Waals surface area contributed by atoms with Gasteiger partial charge in [0.2, 0.25) is 0 Å². The zero-order valence-electron chi connectivity index (χ0n) is 16.7. The molecule has 0 spiro atoms. The number of carbonyl (C=O) groups excluding carboxylic acids is 2. The molecule has 3 aromatic rings. The average Bonchev–Trinajstić information content (AvgIpc) is 2.80. The average molecular weight is 533 g/mol. The van der Waals surface area contributed by atoms with Crippen molar-refractivity contribution in [3.8, 4) is 11.5 Å². The molecule has 0 aliphatic heterocycles. The van der Waals surface area contributed by atoms with Gasteiger partial charge in [-0.05, 0) is 54.6 Å². The Morgan fingerprint density at radius 2 is 1.79 bits per heavy atom. The lowest BCUT2D eigenvalue weighted by molar-refractivity contribution is -0.384. The molecule has 0 bridgehead atoms. The van der Waals surface area contributed by atoms with Gasteiger partial charge in [-0.25, -0.2) is 10.2 Å². The molecule has 0 aromatic heterocycles. The molecule has 0 saturated carbocycles. The number of nitrogens with one attached hydrogen (secondary N) is 1. The quantitative estimate of drug-likeness (QED) is 0.147. The number of ether oxygens (including phenoxy) is 2. The van der Waals surface area contributed by atoms with Gasteiger partial charge in [0.25, 0.3) is 11.6 Å². The van der Waals surface area contributed by atoms with Gasteiger partial charge in [-0.1, -0.05) is 27.5 Å². The Hall–Kier alpha value is -3.76. The standard InChI is InChI=1S/C22H15BrClN3O6/c23-16-3-10-20(33-22(29)14-1-6-18(7-2-14)27(30)31)15(11-16)12-25-26-21(28)13-32-19-8-4-17(24)5-9-19/h1-12H,13H2,(H,26,28). The third kappa shape index (κ3) is 7.13. The molecular formula is C22H15BrClN3O6. The van der Waals surface area contributed by atoms with Gasteiger partial charge in [0, 0.05) is 27.2 Å². The predicted molar refractivity (Wildman–Crippen MR) is 125 cm³/mol. The van der Waals surface area contributed by atoms with E-state index in [0.717, 1.165) is 0 Å². The molecule has 1 amide bonds. The summed E-state index contributed by atoms with van der Waals surface area (Å²) in [5.74, 6) is -0.550. The number of hydrazone groups is 1. The van der Waals surface area contributed by atoms with Crippen molar-refractivity contribution in [2.24, 2.45) is 5.10 Å². The summed E-state index contributed by atoms with van der Waals surface area (Å²) in [6.45, 7) is -0.264. The van der Waals surface area contributed by atoms with Crippen LogP contribution in [0.2, 0.25) is 5.02 Å². The number of nitro benzene ring substituents is 1. The number of nitro groups is 1. The molecule has 11 heteroatoms. The smallest absolute Gasteiger partial charge is 0.343 e. The van der Waals surface area contributed by atoms with Crippen LogP contribution in [0.1, 0.15) is 15.9 Å². The summed E-state index contributed by atoms with van der Waals surface area (Å²) in [4.78, 5) is 34.5. The summed E-state index contributed by atoms with van der Waals surface area (Å²) >= 11 is 9.12. The summed E-state index contributed by atoms with van der Waals surface area (Å²) in [7, 11) is 0. The van der Waals surface area contributed by atoms with Crippen LogP contribution in [-0.2, 0) is 4.79 Å². The van der Waals surface area contributed by atoms with Gasteiger partial charge in [-0.2, -0.15) is 5.10 Å². The summed E-state index contributed by atoms with van der Waals surface area (Å²) in [5.41, 5.74) is 2.72. The van der Waals surface area contributed by atoms with E-state index in [2.05, 4.69) is 26.5 Å². The summed E-state index contributed by atoms with van der Waals surface area (Å²) in [6, 6.07) is 16.4. The van der Waals surface area contributed by atoms with Gasteiger partial charge < -0.3 is 9.47 Å². The first-order chi connectivity index (χ1) is 15.8. The van der Waals surface area contributed by atoms with Crippen LogP contribution in [0.3, 0.4) is 0 Å². The minimum Gasteiger partial charge on any atom is -0.484 e. The number of hydrogen-bond acceptors (Lipinski definition) is 7. The molecule has 0 aliphatic rings. The van der Waals surface area contributed by atoms with Crippen molar-refractivity contribution in [3.05, 3.63) is 97.5 Å². The van der Waals surface area contributed by atoms with Crippen LogP contribution in [0.25, 0.3) is 0 Å². The second-order valence-corrected chi connectivity index (χ2v) is 7.76. The van der Waals surface area contributed by atoms with E-state index in [0.29, 0.717) is 20.8 Å². The highest BCUT2D eigenvalue weighted by molar-refractivity contribution is 9.10. The van der Waals surface area contributed by atoms with Crippen molar-refractivity contribution in [2.75, 3.05) is 6.61 Å². The van der Waals surface area contributed by atoms with Crippen LogP contribution >= 0.6 is 27.5 Å². The van der Waals surface area contributed by atoms with Crippen molar-refractivity contribution < 1.29 is 24.0 Å². The Morgan fingerprint density at radius 3 is 2.45 bits per heavy atom. The minimum atomic E-state index is -0.706. The fourth-order valence-electron chi connectivity index (χ4n) is 2.48. The molecule has 0 atom stereocenters. The van der Waals surface area contributed by atoms with Gasteiger partial charge in [0.1, 0.15) is 11.5 Å². The molecule has 0 heterocycles. The monoisotopic (exact) mass is 531 g/mol. The van der Waals surface area contributed by atoms with Gasteiger partial charge in [0.05, 0.1) is 16.7 Å². The van der Waals surface area contributed by atoms with E-state index in [1.165, 1.54) is 30.5 Å². The van der Waals surface area contributed by atoms with E-state index in [9.17, 15) is 19.7 Å². The molecule has 0 fully saturated rings. The molecule has 0 radical (unpaired) electrons. The highest BCUT2D eigenvalue weighted by Crippen LogP contribution is 2.23. The van der Waals surface area contributed by atoms with E-state index >= 15 is 0 Å². The normalized spacial score (nSPS) is 10.6. The lowest BCUT2D eigenvalue weighted by Crippen LogP contribution is -2.24. The highest BCUT2D eigenvalue weighted by atomic mass is 79.9. The second-order valence-electron chi connectivity index (χ2n) is 6.41. The van der Waals surface area contributed by atoms with Gasteiger partial charge in [-0.15, -0.1) is 0 Å². The van der Waals surface area contributed by atoms with Crippen LogP contribution in [0.15, 0.2) is 76.3 Å². The Labute approximate surface area is 201 Å². The number of halogens is 2. The first kappa shape index (κ1) is 23.9. The third-order valence-electron chi connectivity index (χ3n) is 4.06. The van der Waals surface area contributed by atoms with E-state index in [1.807, 2.05) is 0 Å². The van der Waals surface area contributed by atoms with E-state index in [1.54, 1.807) is 42.5 Å². The Bertz CT molecular complexity index is 1200. The lowest BCUT2D eigenvalue weighted by Gasteiger charge is -2.08. The fraction of sp³-hybridized carbons (Fsp3) is 0.0455. The van der Waals surface area contributed by atoms with Gasteiger partial charge in [0.15, 0.2) is 6.61 Å². The zero-order chi connectivity index (χ0) is 23.8. The third-order valence-corrected chi connectivity index (χ3v) is 4.81. The van der Waals surface area contributed by atoms with Crippen LogP contribution in [0, 0.1) is 10.1 Å². The van der Waals surface area contributed by atoms with Crippen molar-refractivity contribution in [3.63, 3.8) is 0 Å².